The number of hydrogen-bond donors (Lipinski definition) is 3. The van der Waals surface area contributed by atoms with Gasteiger partial charge < -0.3 is 25.0 Å². The van der Waals surface area contributed by atoms with Gasteiger partial charge in [-0.1, -0.05) is 18.2 Å². The number of aromatic nitrogens is 4. The second-order valence-electron chi connectivity index (χ2n) is 8.58. The third-order valence-electron chi connectivity index (χ3n) is 6.34. The minimum atomic E-state index is -0.251. The average molecular weight is 472 g/mol. The highest BCUT2D eigenvalue weighted by Gasteiger charge is 2.31. The molecule has 0 radical (unpaired) electrons. The minimum Gasteiger partial charge on any atom is -0.490 e. The van der Waals surface area contributed by atoms with Crippen LogP contribution in [0.5, 0.6) is 11.5 Å². The zero-order valence-corrected chi connectivity index (χ0v) is 19.0. The fraction of sp³-hybridized carbons (Fsp3) is 0.280. The summed E-state index contributed by atoms with van der Waals surface area (Å²) < 4.78 is 11.4. The lowest BCUT2D eigenvalue weighted by atomic mass is 9.98. The Kier molecular flexibility index (Phi) is 5.53. The summed E-state index contributed by atoms with van der Waals surface area (Å²) in [7, 11) is 0. The molecule has 178 valence electrons. The van der Waals surface area contributed by atoms with Crippen molar-refractivity contribution in [3.63, 3.8) is 0 Å². The van der Waals surface area contributed by atoms with Crippen molar-refractivity contribution in [3.8, 4) is 11.5 Å². The third kappa shape index (κ3) is 4.18. The van der Waals surface area contributed by atoms with Crippen molar-refractivity contribution in [1.29, 1.82) is 0 Å². The summed E-state index contributed by atoms with van der Waals surface area (Å²) in [6, 6.07) is 13.5. The number of aromatic amines is 1. The zero-order valence-electron chi connectivity index (χ0n) is 19.0. The van der Waals surface area contributed by atoms with Gasteiger partial charge in [0.25, 0.3) is 0 Å². The van der Waals surface area contributed by atoms with Crippen LogP contribution in [-0.2, 0) is 0 Å². The van der Waals surface area contributed by atoms with Crippen LogP contribution in [0.2, 0.25) is 0 Å². The Morgan fingerprint density at radius 2 is 2.00 bits per heavy atom. The van der Waals surface area contributed by atoms with Gasteiger partial charge in [-0.25, -0.2) is 14.8 Å². The number of anilines is 3. The van der Waals surface area contributed by atoms with E-state index in [-0.39, 0.29) is 11.9 Å². The van der Waals surface area contributed by atoms with E-state index in [1.165, 1.54) is 5.56 Å². The molecule has 0 bridgehead atoms. The normalized spacial score (nSPS) is 16.6. The number of rotatable bonds is 5. The molecule has 2 aliphatic heterocycles. The summed E-state index contributed by atoms with van der Waals surface area (Å²) in [6.45, 7) is 2.53. The van der Waals surface area contributed by atoms with Gasteiger partial charge >= 0.3 is 6.03 Å². The molecule has 0 aliphatic carbocycles. The van der Waals surface area contributed by atoms with E-state index in [0.29, 0.717) is 42.6 Å². The smallest absolute Gasteiger partial charge is 0.319 e. The number of benzene rings is 2. The van der Waals surface area contributed by atoms with Gasteiger partial charge in [0.15, 0.2) is 17.1 Å². The Hall–Kier alpha value is -4.34. The first-order valence-electron chi connectivity index (χ1n) is 11.7. The number of fused-ring (bicyclic) bond motifs is 3. The third-order valence-corrected chi connectivity index (χ3v) is 6.34. The molecule has 0 saturated carbocycles. The van der Waals surface area contributed by atoms with Crippen molar-refractivity contribution >= 4 is 34.3 Å². The van der Waals surface area contributed by atoms with Crippen LogP contribution in [0.4, 0.5) is 22.0 Å². The molecular weight excluding hydrogens is 446 g/mol. The molecule has 6 rings (SSSR count). The Morgan fingerprint density at radius 3 is 2.94 bits per heavy atom. The summed E-state index contributed by atoms with van der Waals surface area (Å²) >= 11 is 0. The Bertz CT molecular complexity index is 1370. The first-order chi connectivity index (χ1) is 17.3. The van der Waals surface area contributed by atoms with Gasteiger partial charge in [-0.2, -0.15) is 5.10 Å². The van der Waals surface area contributed by atoms with Crippen LogP contribution in [0.25, 0.3) is 11.0 Å². The van der Waals surface area contributed by atoms with Gasteiger partial charge in [0, 0.05) is 42.9 Å². The fourth-order valence-electron chi connectivity index (χ4n) is 4.69. The molecule has 10 nitrogen and oxygen atoms in total. The van der Waals surface area contributed by atoms with Crippen LogP contribution in [0.3, 0.4) is 0 Å². The van der Waals surface area contributed by atoms with Gasteiger partial charge in [0.05, 0.1) is 24.8 Å². The van der Waals surface area contributed by atoms with Gasteiger partial charge in [0.1, 0.15) is 12.1 Å². The number of urea groups is 1. The van der Waals surface area contributed by atoms with Crippen molar-refractivity contribution < 1.29 is 14.3 Å². The maximum Gasteiger partial charge on any atom is 0.319 e. The van der Waals surface area contributed by atoms with Gasteiger partial charge in [-0.15, -0.1) is 0 Å². The molecule has 2 aromatic carbocycles. The maximum atomic E-state index is 12.5. The summed E-state index contributed by atoms with van der Waals surface area (Å²) in [5.41, 5.74) is 3.74. The Labute approximate surface area is 201 Å². The largest absolute Gasteiger partial charge is 0.490 e. The molecule has 10 heteroatoms. The Morgan fingerprint density at radius 1 is 1.11 bits per heavy atom. The number of ether oxygens (including phenoxy) is 2. The van der Waals surface area contributed by atoms with E-state index in [1.807, 2.05) is 24.3 Å². The van der Waals surface area contributed by atoms with E-state index in [1.54, 1.807) is 18.6 Å². The number of para-hydroxylation sites is 1. The lowest BCUT2D eigenvalue weighted by molar-refractivity contribution is 0.251. The maximum absolute atomic E-state index is 12.5. The lowest BCUT2D eigenvalue weighted by Gasteiger charge is -2.19. The van der Waals surface area contributed by atoms with E-state index < -0.39 is 0 Å². The summed E-state index contributed by atoms with van der Waals surface area (Å²) in [6.07, 6.45) is 4.94. The molecule has 4 aromatic rings. The lowest BCUT2D eigenvalue weighted by Crippen LogP contribution is -2.30. The van der Waals surface area contributed by atoms with E-state index in [0.717, 1.165) is 36.3 Å². The van der Waals surface area contributed by atoms with Crippen LogP contribution < -0.4 is 25.0 Å². The number of nitrogens with one attached hydrogen (secondary N) is 3. The second kappa shape index (κ2) is 9.13. The molecule has 35 heavy (non-hydrogen) atoms. The number of nitrogens with zero attached hydrogens (tertiary/aromatic N) is 4. The quantitative estimate of drug-likeness (QED) is 0.403. The number of hydrogen-bond acceptors (Lipinski definition) is 7. The number of carbonyl (C=O) groups excluding carboxylic acids is 1. The van der Waals surface area contributed by atoms with Crippen molar-refractivity contribution in [2.75, 3.05) is 36.5 Å². The monoisotopic (exact) mass is 471 g/mol. The van der Waals surface area contributed by atoms with Crippen molar-refractivity contribution in [3.05, 3.63) is 60.6 Å². The van der Waals surface area contributed by atoms with Gasteiger partial charge in [-0.3, -0.25) is 5.10 Å². The highest BCUT2D eigenvalue weighted by molar-refractivity contribution is 5.90. The highest BCUT2D eigenvalue weighted by Crippen LogP contribution is 2.42. The van der Waals surface area contributed by atoms with Gasteiger partial charge in [0.2, 0.25) is 0 Å². The number of H-pyrrole nitrogens is 1. The average Bonchev–Trinajstić information content (AvgIpc) is 3.43. The molecule has 4 heterocycles. The predicted octanol–water partition coefficient (Wildman–Crippen LogP) is 3.96. The van der Waals surface area contributed by atoms with Crippen LogP contribution in [-0.4, -0.2) is 52.5 Å². The molecular formula is C25H25N7O3. The van der Waals surface area contributed by atoms with Crippen molar-refractivity contribution in [2.24, 2.45) is 0 Å². The molecule has 0 spiro atoms. The van der Waals surface area contributed by atoms with Crippen LogP contribution in [0, 0.1) is 0 Å². The first-order valence-corrected chi connectivity index (χ1v) is 11.7. The van der Waals surface area contributed by atoms with Crippen LogP contribution >= 0.6 is 0 Å². The molecule has 1 atom stereocenters. The minimum absolute atomic E-state index is 0.251. The number of carbonyl (C=O) groups is 1. The fourth-order valence-corrected chi connectivity index (χ4v) is 4.69. The summed E-state index contributed by atoms with van der Waals surface area (Å²) in [4.78, 5) is 23.5. The molecule has 3 N–H and O–H groups in total. The SMILES string of the molecule is O=C(NCCC1CN(c2ncnc3[nH]ncc23)c2ccccc21)Nc1ccc2c(c1)OCCCO2. The first kappa shape index (κ1) is 21.2. The van der Waals surface area contributed by atoms with E-state index in [9.17, 15) is 4.79 Å². The van der Waals surface area contributed by atoms with Crippen molar-refractivity contribution in [1.82, 2.24) is 25.5 Å². The highest BCUT2D eigenvalue weighted by atomic mass is 16.5. The number of amides is 2. The predicted molar refractivity (Wildman–Crippen MR) is 132 cm³/mol. The summed E-state index contributed by atoms with van der Waals surface area (Å²) in [5.74, 6) is 2.44. The molecule has 0 fully saturated rings. The second-order valence-corrected chi connectivity index (χ2v) is 8.58. The molecule has 2 amide bonds. The molecule has 2 aliphatic rings. The van der Waals surface area contributed by atoms with Gasteiger partial charge in [-0.05, 0) is 30.2 Å². The molecule has 2 aromatic heterocycles. The van der Waals surface area contributed by atoms with Crippen molar-refractivity contribution in [2.45, 2.75) is 18.8 Å². The van der Waals surface area contributed by atoms with Crippen LogP contribution in [0.1, 0.15) is 24.3 Å². The standard InChI is InChI=1S/C25H25N7O3/c33-25(30-17-6-7-21-22(12-17)35-11-3-10-34-21)26-9-8-16-14-32(20-5-2-1-4-18(16)20)24-19-13-29-31-23(19)27-15-28-24/h1-2,4-7,12-13,15-16H,3,8-11,14H2,(H2,26,30,33)(H,27,28,29,31). The van der Waals surface area contributed by atoms with E-state index >= 15 is 0 Å². The zero-order chi connectivity index (χ0) is 23.6. The summed E-state index contributed by atoms with van der Waals surface area (Å²) in [5, 5.41) is 13.8. The Balaban J connectivity index is 1.10. The van der Waals surface area contributed by atoms with Crippen LogP contribution in [0.15, 0.2) is 55.0 Å². The van der Waals surface area contributed by atoms with E-state index in [4.69, 9.17) is 9.47 Å². The molecule has 1 unspecified atom stereocenters. The van der Waals surface area contributed by atoms with E-state index in [2.05, 4.69) is 47.8 Å². The topological polar surface area (TPSA) is 117 Å². The molecule has 0 saturated heterocycles.